The van der Waals surface area contributed by atoms with Crippen LogP contribution in [0.25, 0.3) is 0 Å². The minimum absolute atomic E-state index is 0.0830. The van der Waals surface area contributed by atoms with Crippen LogP contribution in [-0.4, -0.2) is 16.8 Å². The minimum Gasteiger partial charge on any atom is -0.350 e. The van der Waals surface area contributed by atoms with Crippen molar-refractivity contribution in [3.05, 3.63) is 0 Å². The molecule has 0 atom stereocenters. The summed E-state index contributed by atoms with van der Waals surface area (Å²) in [5, 5.41) is 4.09. The van der Waals surface area contributed by atoms with Crippen LogP contribution in [0.3, 0.4) is 0 Å². The zero-order chi connectivity index (χ0) is 10.6. The van der Waals surface area contributed by atoms with Crippen LogP contribution in [0.2, 0.25) is 0 Å². The molecule has 3 heteroatoms. The Kier molecular flexibility index (Phi) is 4.42. The lowest BCUT2D eigenvalue weighted by Gasteiger charge is -2.42. The lowest BCUT2D eigenvalue weighted by Crippen LogP contribution is -2.56. The fourth-order valence-electron chi connectivity index (χ4n) is 1.92. The van der Waals surface area contributed by atoms with Crippen LogP contribution in [0.5, 0.6) is 0 Å². The molecule has 0 radical (unpaired) electrons. The predicted molar refractivity (Wildman–Crippen MR) is 62.6 cm³/mol. The molecule has 0 heterocycles. The highest BCUT2D eigenvalue weighted by molar-refractivity contribution is 9.09. The van der Waals surface area contributed by atoms with Gasteiger partial charge in [0.05, 0.1) is 0 Å². The second kappa shape index (κ2) is 5.15. The number of amides is 1. The Labute approximate surface area is 95.0 Å². The summed E-state index contributed by atoms with van der Waals surface area (Å²) in [6, 6.07) is 0. The molecule has 0 bridgehead atoms. The number of carbonyl (C=O) groups is 1. The van der Waals surface area contributed by atoms with Gasteiger partial charge >= 0.3 is 0 Å². The number of halogens is 1. The first kappa shape index (κ1) is 12.0. The average molecular weight is 262 g/mol. The van der Waals surface area contributed by atoms with Crippen LogP contribution >= 0.6 is 15.9 Å². The van der Waals surface area contributed by atoms with Crippen molar-refractivity contribution in [2.24, 2.45) is 5.92 Å². The second-order valence-electron chi connectivity index (χ2n) is 4.27. The van der Waals surface area contributed by atoms with E-state index in [1.54, 1.807) is 0 Å². The molecule has 1 aliphatic rings. The van der Waals surface area contributed by atoms with E-state index in [1.165, 1.54) is 6.42 Å². The maximum Gasteiger partial charge on any atom is 0.223 e. The van der Waals surface area contributed by atoms with Crippen molar-refractivity contribution in [1.82, 2.24) is 5.32 Å². The molecule has 0 aromatic rings. The third kappa shape index (κ3) is 2.50. The molecule has 1 N–H and O–H groups in total. The fraction of sp³-hybridized carbons (Fsp3) is 0.909. The molecule has 1 fully saturated rings. The van der Waals surface area contributed by atoms with Crippen LogP contribution < -0.4 is 5.32 Å². The quantitative estimate of drug-likeness (QED) is 0.758. The smallest absolute Gasteiger partial charge is 0.223 e. The summed E-state index contributed by atoms with van der Waals surface area (Å²) < 4.78 is 0. The number of nitrogens with one attached hydrogen (secondary N) is 1. The molecule has 1 aliphatic carbocycles. The molecule has 82 valence electrons. The van der Waals surface area contributed by atoms with E-state index in [0.29, 0.717) is 0 Å². The maximum absolute atomic E-state index is 11.8. The normalized spacial score (nSPS) is 19.1. The Morgan fingerprint density at radius 1 is 1.43 bits per heavy atom. The summed E-state index contributed by atoms with van der Waals surface area (Å²) in [4.78, 5) is 11.8. The predicted octanol–water partition coefficient (Wildman–Crippen LogP) is 2.86. The van der Waals surface area contributed by atoms with Crippen LogP contribution in [0.1, 0.15) is 46.0 Å². The van der Waals surface area contributed by atoms with Crippen LogP contribution in [0, 0.1) is 5.92 Å². The molecule has 0 aromatic heterocycles. The maximum atomic E-state index is 11.8. The van der Waals surface area contributed by atoms with Crippen molar-refractivity contribution in [2.75, 3.05) is 5.33 Å². The molecule has 14 heavy (non-hydrogen) atoms. The van der Waals surface area contributed by atoms with Gasteiger partial charge in [-0.15, -0.1) is 0 Å². The van der Waals surface area contributed by atoms with Crippen molar-refractivity contribution in [3.63, 3.8) is 0 Å². The molecule has 2 nitrogen and oxygen atoms in total. The highest BCUT2D eigenvalue weighted by Gasteiger charge is 2.38. The summed E-state index contributed by atoms with van der Waals surface area (Å²) >= 11 is 3.49. The zero-order valence-corrected chi connectivity index (χ0v) is 10.7. The third-order valence-corrected chi connectivity index (χ3v) is 4.38. The highest BCUT2D eigenvalue weighted by Crippen LogP contribution is 2.33. The van der Waals surface area contributed by atoms with Crippen LogP contribution in [-0.2, 0) is 4.79 Å². The summed E-state index contributed by atoms with van der Waals surface area (Å²) in [5.74, 6) is 0.445. The molecule has 0 aromatic carbocycles. The average Bonchev–Trinajstić information content (AvgIpc) is 2.13. The monoisotopic (exact) mass is 261 g/mol. The summed E-state index contributed by atoms with van der Waals surface area (Å²) in [5.41, 5.74) is 0.0830. The van der Waals surface area contributed by atoms with Gasteiger partial charge in [-0.1, -0.05) is 29.8 Å². The standard InChI is InChI=1S/C11H20BrNO/c1-3-9(4-2)10(14)13-11(8-12)6-5-7-11/h9H,3-8H2,1-2H3,(H,13,14). The van der Waals surface area contributed by atoms with Crippen molar-refractivity contribution < 1.29 is 4.79 Å². The van der Waals surface area contributed by atoms with Gasteiger partial charge in [-0.05, 0) is 32.1 Å². The molecular formula is C11H20BrNO. The summed E-state index contributed by atoms with van der Waals surface area (Å²) in [6.45, 7) is 4.16. The minimum atomic E-state index is 0.0830. The first-order valence-corrected chi connectivity index (χ1v) is 6.67. The molecular weight excluding hydrogens is 242 g/mol. The Balaban J connectivity index is 2.46. The number of hydrogen-bond donors (Lipinski definition) is 1. The van der Waals surface area contributed by atoms with Crippen LogP contribution in [0.15, 0.2) is 0 Å². The fourth-order valence-corrected chi connectivity index (χ4v) is 2.62. The Morgan fingerprint density at radius 3 is 2.29 bits per heavy atom. The van der Waals surface area contributed by atoms with E-state index in [0.717, 1.165) is 31.0 Å². The topological polar surface area (TPSA) is 29.1 Å². The van der Waals surface area contributed by atoms with Crippen LogP contribution in [0.4, 0.5) is 0 Å². The van der Waals surface area contributed by atoms with Gasteiger partial charge in [-0.3, -0.25) is 4.79 Å². The number of rotatable bonds is 5. The third-order valence-electron chi connectivity index (χ3n) is 3.31. The SMILES string of the molecule is CCC(CC)C(=O)NC1(CBr)CCC1. The Bertz CT molecular complexity index is 192. The number of alkyl halides is 1. The van der Waals surface area contributed by atoms with E-state index < -0.39 is 0 Å². The van der Waals surface area contributed by atoms with Gasteiger partial charge in [0.1, 0.15) is 0 Å². The van der Waals surface area contributed by atoms with E-state index >= 15 is 0 Å². The Hall–Kier alpha value is -0.0500. The van der Waals surface area contributed by atoms with Crippen molar-refractivity contribution in [1.29, 1.82) is 0 Å². The number of hydrogen-bond acceptors (Lipinski definition) is 1. The van der Waals surface area contributed by atoms with Gasteiger partial charge < -0.3 is 5.32 Å². The van der Waals surface area contributed by atoms with Gasteiger partial charge in [0.2, 0.25) is 5.91 Å². The Morgan fingerprint density at radius 2 is 2.00 bits per heavy atom. The molecule has 1 amide bonds. The van der Waals surface area contributed by atoms with E-state index in [4.69, 9.17) is 0 Å². The van der Waals surface area contributed by atoms with Crippen molar-refractivity contribution >= 4 is 21.8 Å². The second-order valence-corrected chi connectivity index (χ2v) is 4.83. The van der Waals surface area contributed by atoms with E-state index in [2.05, 4.69) is 35.1 Å². The van der Waals surface area contributed by atoms with Gasteiger partial charge in [0.25, 0.3) is 0 Å². The molecule has 1 rings (SSSR count). The van der Waals surface area contributed by atoms with E-state index in [9.17, 15) is 4.79 Å². The number of carbonyl (C=O) groups excluding carboxylic acids is 1. The van der Waals surface area contributed by atoms with Crippen molar-refractivity contribution in [3.8, 4) is 0 Å². The first-order valence-electron chi connectivity index (χ1n) is 5.55. The summed E-state index contributed by atoms with van der Waals surface area (Å²) in [6.07, 6.45) is 5.39. The highest BCUT2D eigenvalue weighted by atomic mass is 79.9. The van der Waals surface area contributed by atoms with Gasteiger partial charge in [-0.2, -0.15) is 0 Å². The lowest BCUT2D eigenvalue weighted by atomic mass is 9.78. The van der Waals surface area contributed by atoms with Gasteiger partial charge in [0.15, 0.2) is 0 Å². The van der Waals surface area contributed by atoms with E-state index in [-0.39, 0.29) is 17.4 Å². The van der Waals surface area contributed by atoms with E-state index in [1.807, 2.05) is 0 Å². The first-order chi connectivity index (χ1) is 6.67. The molecule has 0 unspecified atom stereocenters. The molecule has 0 saturated heterocycles. The summed E-state index contributed by atoms with van der Waals surface area (Å²) in [7, 11) is 0. The van der Waals surface area contributed by atoms with Crippen molar-refractivity contribution in [2.45, 2.75) is 51.5 Å². The van der Waals surface area contributed by atoms with Gasteiger partial charge in [0, 0.05) is 16.8 Å². The molecule has 0 aliphatic heterocycles. The zero-order valence-electron chi connectivity index (χ0n) is 9.11. The largest absolute Gasteiger partial charge is 0.350 e. The molecule has 1 saturated carbocycles. The van der Waals surface area contributed by atoms with Gasteiger partial charge in [-0.25, -0.2) is 0 Å². The lowest BCUT2D eigenvalue weighted by molar-refractivity contribution is -0.127. The molecule has 0 spiro atoms.